The summed E-state index contributed by atoms with van der Waals surface area (Å²) in [6.45, 7) is 3.75. The molecule has 0 bridgehead atoms. The van der Waals surface area contributed by atoms with Gasteiger partial charge in [-0.05, 0) is 32.0 Å². The van der Waals surface area contributed by atoms with Crippen molar-refractivity contribution in [2.75, 3.05) is 5.43 Å². The number of rotatable bonds is 5. The van der Waals surface area contributed by atoms with Crippen molar-refractivity contribution in [3.8, 4) is 5.69 Å². The molecule has 0 saturated heterocycles. The van der Waals surface area contributed by atoms with Gasteiger partial charge in [0.2, 0.25) is 0 Å². The van der Waals surface area contributed by atoms with Gasteiger partial charge >= 0.3 is 0 Å². The summed E-state index contributed by atoms with van der Waals surface area (Å²) in [5.41, 5.74) is 5.81. The van der Waals surface area contributed by atoms with E-state index in [4.69, 9.17) is 0 Å². The Morgan fingerprint density at radius 3 is 2.62 bits per heavy atom. The molecule has 0 aliphatic carbocycles. The highest BCUT2D eigenvalue weighted by Crippen LogP contribution is 2.16. The highest BCUT2D eigenvalue weighted by atomic mass is 16.6. The number of nitro groups is 1. The van der Waals surface area contributed by atoms with Crippen LogP contribution in [0.1, 0.15) is 16.8 Å². The van der Waals surface area contributed by atoms with E-state index in [0.29, 0.717) is 16.9 Å². The van der Waals surface area contributed by atoms with Crippen LogP contribution in [0.2, 0.25) is 0 Å². The molecule has 1 heterocycles. The van der Waals surface area contributed by atoms with Crippen LogP contribution in [0.4, 0.5) is 11.4 Å². The Balaban J connectivity index is 1.83. The zero-order chi connectivity index (χ0) is 18.7. The molecule has 3 aromatic rings. The molecule has 8 heteroatoms. The van der Waals surface area contributed by atoms with Crippen LogP contribution >= 0.6 is 0 Å². The number of non-ortho nitro benzene ring substituents is 1. The fraction of sp³-hybridized carbons (Fsp3) is 0.111. The summed E-state index contributed by atoms with van der Waals surface area (Å²) in [7, 11) is 0. The lowest BCUT2D eigenvalue weighted by Crippen LogP contribution is -2.17. The number of benzene rings is 2. The maximum atomic E-state index is 12.6. The number of hydrogen-bond donors (Lipinski definition) is 2. The zero-order valence-electron chi connectivity index (χ0n) is 14.3. The first-order valence-corrected chi connectivity index (χ1v) is 7.88. The minimum atomic E-state index is -0.481. The molecule has 2 N–H and O–H groups in total. The monoisotopic (exact) mass is 351 g/mol. The number of nitrogens with one attached hydrogen (secondary N) is 2. The molecule has 0 unspecified atom stereocenters. The SMILES string of the molecule is Cc1ccc(-n2[nH]c(C)c(C=NNc3cccc([N+](=O)[O-])c3)c2=O)cc1. The molecule has 0 aliphatic rings. The second kappa shape index (κ2) is 7.06. The van der Waals surface area contributed by atoms with E-state index in [1.165, 1.54) is 23.0 Å². The van der Waals surface area contributed by atoms with E-state index < -0.39 is 4.92 Å². The lowest BCUT2D eigenvalue weighted by molar-refractivity contribution is -0.384. The summed E-state index contributed by atoms with van der Waals surface area (Å²) >= 11 is 0. The van der Waals surface area contributed by atoms with E-state index in [9.17, 15) is 14.9 Å². The van der Waals surface area contributed by atoms with Crippen molar-refractivity contribution in [2.24, 2.45) is 5.10 Å². The molecule has 0 amide bonds. The molecule has 0 radical (unpaired) electrons. The van der Waals surface area contributed by atoms with Crippen molar-refractivity contribution in [3.63, 3.8) is 0 Å². The van der Waals surface area contributed by atoms with Crippen molar-refractivity contribution in [1.29, 1.82) is 0 Å². The molecule has 132 valence electrons. The lowest BCUT2D eigenvalue weighted by Gasteiger charge is -2.01. The molecule has 26 heavy (non-hydrogen) atoms. The molecule has 0 aliphatic heterocycles. The summed E-state index contributed by atoms with van der Waals surface area (Å²) in [6.07, 6.45) is 1.40. The Morgan fingerprint density at radius 2 is 1.92 bits per heavy atom. The van der Waals surface area contributed by atoms with Crippen LogP contribution in [0, 0.1) is 24.0 Å². The fourth-order valence-electron chi connectivity index (χ4n) is 2.45. The maximum absolute atomic E-state index is 12.6. The Hall–Kier alpha value is -3.68. The van der Waals surface area contributed by atoms with Crippen LogP contribution in [0.3, 0.4) is 0 Å². The second-order valence-corrected chi connectivity index (χ2v) is 5.80. The Morgan fingerprint density at radius 1 is 1.19 bits per heavy atom. The Labute approximate surface area is 148 Å². The quantitative estimate of drug-likeness (QED) is 0.418. The van der Waals surface area contributed by atoms with Crippen LogP contribution in [0.25, 0.3) is 5.69 Å². The number of hydrazone groups is 1. The van der Waals surface area contributed by atoms with E-state index in [0.717, 1.165) is 11.3 Å². The molecule has 0 atom stereocenters. The van der Waals surface area contributed by atoms with Gasteiger partial charge in [-0.25, -0.2) is 4.68 Å². The van der Waals surface area contributed by atoms with Gasteiger partial charge in [0.25, 0.3) is 11.2 Å². The predicted octanol–water partition coefficient (Wildman–Crippen LogP) is 3.14. The number of H-pyrrole nitrogens is 1. The van der Waals surface area contributed by atoms with Gasteiger partial charge in [0.1, 0.15) is 0 Å². The van der Waals surface area contributed by atoms with Gasteiger partial charge in [0.15, 0.2) is 0 Å². The topological polar surface area (TPSA) is 105 Å². The highest BCUT2D eigenvalue weighted by Gasteiger charge is 2.10. The summed E-state index contributed by atoms with van der Waals surface area (Å²) in [6, 6.07) is 13.5. The Bertz CT molecular complexity index is 1030. The van der Waals surface area contributed by atoms with E-state index in [2.05, 4.69) is 15.6 Å². The molecule has 0 spiro atoms. The van der Waals surface area contributed by atoms with E-state index in [1.54, 1.807) is 19.1 Å². The molecular weight excluding hydrogens is 334 g/mol. The molecule has 8 nitrogen and oxygen atoms in total. The third-order valence-corrected chi connectivity index (χ3v) is 3.85. The van der Waals surface area contributed by atoms with Crippen LogP contribution in [0.15, 0.2) is 58.4 Å². The first kappa shape index (κ1) is 17.2. The van der Waals surface area contributed by atoms with Crippen molar-refractivity contribution in [2.45, 2.75) is 13.8 Å². The third kappa shape index (κ3) is 3.54. The number of aromatic nitrogens is 2. The first-order valence-electron chi connectivity index (χ1n) is 7.88. The van der Waals surface area contributed by atoms with Crippen LogP contribution < -0.4 is 11.0 Å². The maximum Gasteiger partial charge on any atom is 0.280 e. The zero-order valence-corrected chi connectivity index (χ0v) is 14.3. The smallest absolute Gasteiger partial charge is 0.280 e. The number of nitro benzene ring substituents is 1. The number of hydrogen-bond acceptors (Lipinski definition) is 5. The van der Waals surface area contributed by atoms with E-state index >= 15 is 0 Å². The van der Waals surface area contributed by atoms with Crippen molar-refractivity contribution >= 4 is 17.6 Å². The van der Waals surface area contributed by atoms with Gasteiger partial charge in [-0.15, -0.1) is 0 Å². The molecule has 3 rings (SSSR count). The first-order chi connectivity index (χ1) is 12.5. The number of aromatic amines is 1. The summed E-state index contributed by atoms with van der Waals surface area (Å²) in [5, 5.41) is 17.8. The van der Waals surface area contributed by atoms with Crippen LogP contribution in [0.5, 0.6) is 0 Å². The number of aryl methyl sites for hydroxylation is 2. The minimum Gasteiger partial charge on any atom is -0.295 e. The third-order valence-electron chi connectivity index (χ3n) is 3.85. The lowest BCUT2D eigenvalue weighted by atomic mass is 10.2. The van der Waals surface area contributed by atoms with Gasteiger partial charge in [0, 0.05) is 17.8 Å². The van der Waals surface area contributed by atoms with Crippen molar-refractivity contribution in [1.82, 2.24) is 9.78 Å². The summed E-state index contributed by atoms with van der Waals surface area (Å²) < 4.78 is 1.45. The van der Waals surface area contributed by atoms with Gasteiger partial charge in [-0.2, -0.15) is 5.10 Å². The predicted molar refractivity (Wildman–Crippen MR) is 100 cm³/mol. The van der Waals surface area contributed by atoms with Crippen molar-refractivity contribution in [3.05, 3.63) is 85.8 Å². The molecule has 2 aromatic carbocycles. The van der Waals surface area contributed by atoms with Gasteiger partial charge in [-0.1, -0.05) is 23.8 Å². The van der Waals surface area contributed by atoms with E-state index in [1.807, 2.05) is 31.2 Å². The van der Waals surface area contributed by atoms with Gasteiger partial charge in [-0.3, -0.25) is 25.4 Å². The molecule has 0 saturated carbocycles. The summed E-state index contributed by atoms with van der Waals surface area (Å²) in [5.74, 6) is 0. The van der Waals surface area contributed by atoms with E-state index in [-0.39, 0.29) is 11.2 Å². The standard InChI is InChI=1S/C18H17N5O3/c1-12-6-8-15(9-7-12)22-18(24)17(13(2)21-22)11-19-20-14-4-3-5-16(10-14)23(25)26/h3-11,20-21H,1-2H3. The van der Waals surface area contributed by atoms with Gasteiger partial charge in [0.05, 0.1) is 28.1 Å². The molecule has 1 aromatic heterocycles. The fourth-order valence-corrected chi connectivity index (χ4v) is 2.45. The molecular formula is C18H17N5O3. The number of anilines is 1. The highest BCUT2D eigenvalue weighted by molar-refractivity contribution is 5.81. The average molecular weight is 351 g/mol. The van der Waals surface area contributed by atoms with Crippen LogP contribution in [-0.2, 0) is 0 Å². The largest absolute Gasteiger partial charge is 0.295 e. The number of nitrogens with zero attached hydrogens (tertiary/aromatic N) is 3. The molecule has 0 fully saturated rings. The van der Waals surface area contributed by atoms with Crippen molar-refractivity contribution < 1.29 is 4.92 Å². The normalized spacial score (nSPS) is 11.0. The average Bonchev–Trinajstić information content (AvgIpc) is 2.91. The summed E-state index contributed by atoms with van der Waals surface area (Å²) in [4.78, 5) is 22.9. The van der Waals surface area contributed by atoms with Gasteiger partial charge < -0.3 is 0 Å². The second-order valence-electron chi connectivity index (χ2n) is 5.80. The minimum absolute atomic E-state index is 0.0373. The Kier molecular flexibility index (Phi) is 4.66. The van der Waals surface area contributed by atoms with Crippen LogP contribution in [-0.4, -0.2) is 20.9 Å².